The van der Waals surface area contributed by atoms with E-state index in [2.05, 4.69) is 10.6 Å². The Labute approximate surface area is 133 Å². The molecule has 0 saturated heterocycles. The lowest BCUT2D eigenvalue weighted by atomic mass is 10.2. The minimum atomic E-state index is -0.566. The van der Waals surface area contributed by atoms with Gasteiger partial charge in [0.05, 0.1) is 0 Å². The minimum Gasteiger partial charge on any atom is -0.410 e. The van der Waals surface area contributed by atoms with Gasteiger partial charge in [-0.15, -0.1) is 0 Å². The van der Waals surface area contributed by atoms with Crippen molar-refractivity contribution in [2.24, 2.45) is 0 Å². The average molecular weight is 319 g/mol. The number of para-hydroxylation sites is 1. The molecule has 6 heteroatoms. The fraction of sp³-hybridized carbons (Fsp3) is 0.125. The van der Waals surface area contributed by atoms with Crippen molar-refractivity contribution >= 4 is 23.6 Å². The second kappa shape index (κ2) is 8.05. The van der Waals surface area contributed by atoms with Crippen LogP contribution in [0.25, 0.3) is 0 Å². The molecule has 2 rings (SSSR count). The first-order valence-corrected chi connectivity index (χ1v) is 7.07. The first-order chi connectivity index (χ1) is 10.6. The molecule has 5 nitrogen and oxygen atoms in total. The monoisotopic (exact) mass is 318 g/mol. The van der Waals surface area contributed by atoms with Crippen LogP contribution in [0.1, 0.15) is 10.4 Å². The van der Waals surface area contributed by atoms with Gasteiger partial charge in [-0.2, -0.15) is 0 Å². The summed E-state index contributed by atoms with van der Waals surface area (Å²) in [7, 11) is 0. The van der Waals surface area contributed by atoms with E-state index in [1.54, 1.807) is 48.5 Å². The van der Waals surface area contributed by atoms with Gasteiger partial charge < -0.3 is 15.4 Å². The lowest BCUT2D eigenvalue weighted by Crippen LogP contribution is -2.36. The quantitative estimate of drug-likeness (QED) is 0.833. The third-order valence-electron chi connectivity index (χ3n) is 2.72. The number of ether oxygens (including phenoxy) is 1. The molecule has 0 heterocycles. The van der Waals surface area contributed by atoms with Gasteiger partial charge in [0, 0.05) is 23.7 Å². The Morgan fingerprint density at radius 1 is 0.955 bits per heavy atom. The van der Waals surface area contributed by atoms with Crippen LogP contribution < -0.4 is 15.4 Å². The maximum atomic E-state index is 11.8. The summed E-state index contributed by atoms with van der Waals surface area (Å²) in [6.07, 6.45) is -0.566. The molecule has 0 aliphatic carbocycles. The van der Waals surface area contributed by atoms with Crippen LogP contribution in [-0.2, 0) is 0 Å². The molecule has 0 fully saturated rings. The summed E-state index contributed by atoms with van der Waals surface area (Å²) in [5.74, 6) is 0.212. The van der Waals surface area contributed by atoms with Crippen LogP contribution in [0, 0.1) is 0 Å². The van der Waals surface area contributed by atoms with Crippen LogP contribution in [-0.4, -0.2) is 25.1 Å². The van der Waals surface area contributed by atoms with Crippen molar-refractivity contribution in [3.8, 4) is 5.75 Å². The van der Waals surface area contributed by atoms with Crippen LogP contribution >= 0.6 is 11.6 Å². The molecule has 0 aliphatic heterocycles. The smallest absolute Gasteiger partial charge is 0.410 e. The predicted octanol–water partition coefficient (Wildman–Crippen LogP) is 2.86. The SMILES string of the molecule is O=C(NCCNC(=O)c1cccc(Cl)c1)Oc1ccccc1. The van der Waals surface area contributed by atoms with Crippen molar-refractivity contribution in [2.45, 2.75) is 0 Å². The van der Waals surface area contributed by atoms with E-state index in [1.165, 1.54) is 0 Å². The average Bonchev–Trinajstić information content (AvgIpc) is 2.52. The summed E-state index contributed by atoms with van der Waals surface area (Å²) in [6.45, 7) is 0.549. The van der Waals surface area contributed by atoms with E-state index < -0.39 is 6.09 Å². The normalized spacial score (nSPS) is 9.86. The van der Waals surface area contributed by atoms with Gasteiger partial charge in [-0.1, -0.05) is 35.9 Å². The molecular formula is C16H15ClN2O3. The molecule has 0 aliphatic rings. The zero-order chi connectivity index (χ0) is 15.8. The minimum absolute atomic E-state index is 0.249. The summed E-state index contributed by atoms with van der Waals surface area (Å²) in [5, 5.41) is 5.72. The molecule has 0 atom stereocenters. The van der Waals surface area contributed by atoms with E-state index in [0.717, 1.165) is 0 Å². The third kappa shape index (κ3) is 5.10. The van der Waals surface area contributed by atoms with E-state index in [-0.39, 0.29) is 19.0 Å². The highest BCUT2D eigenvalue weighted by molar-refractivity contribution is 6.30. The summed E-state index contributed by atoms with van der Waals surface area (Å²) >= 11 is 5.82. The van der Waals surface area contributed by atoms with E-state index >= 15 is 0 Å². The maximum absolute atomic E-state index is 11.8. The van der Waals surface area contributed by atoms with Gasteiger partial charge in [-0.05, 0) is 30.3 Å². The molecule has 22 heavy (non-hydrogen) atoms. The Kier molecular flexibility index (Phi) is 5.80. The zero-order valence-corrected chi connectivity index (χ0v) is 12.5. The topological polar surface area (TPSA) is 67.4 Å². The second-order valence-electron chi connectivity index (χ2n) is 4.40. The molecule has 0 unspecified atom stereocenters. The number of carbonyl (C=O) groups is 2. The van der Waals surface area contributed by atoms with Gasteiger partial charge in [-0.3, -0.25) is 4.79 Å². The lowest BCUT2D eigenvalue weighted by Gasteiger charge is -2.08. The Hall–Kier alpha value is -2.53. The molecule has 0 aromatic heterocycles. The van der Waals surface area contributed by atoms with E-state index in [4.69, 9.17) is 16.3 Å². The maximum Gasteiger partial charge on any atom is 0.412 e. The summed E-state index contributed by atoms with van der Waals surface area (Å²) in [6, 6.07) is 15.4. The molecule has 0 spiro atoms. The fourth-order valence-electron chi connectivity index (χ4n) is 1.70. The fourth-order valence-corrected chi connectivity index (χ4v) is 1.89. The molecular weight excluding hydrogens is 304 g/mol. The molecule has 2 amide bonds. The number of benzene rings is 2. The summed E-state index contributed by atoms with van der Waals surface area (Å²) in [5.41, 5.74) is 0.472. The van der Waals surface area contributed by atoms with Crippen molar-refractivity contribution in [1.29, 1.82) is 0 Å². The number of amides is 2. The van der Waals surface area contributed by atoms with Gasteiger partial charge in [-0.25, -0.2) is 4.79 Å². The van der Waals surface area contributed by atoms with Crippen LogP contribution in [0.4, 0.5) is 4.79 Å². The Bertz CT molecular complexity index is 647. The summed E-state index contributed by atoms with van der Waals surface area (Å²) in [4.78, 5) is 23.3. The van der Waals surface area contributed by atoms with Crippen LogP contribution in [0.2, 0.25) is 5.02 Å². The van der Waals surface area contributed by atoms with Crippen LogP contribution in [0.5, 0.6) is 5.75 Å². The highest BCUT2D eigenvalue weighted by atomic mass is 35.5. The molecule has 0 bridgehead atoms. The predicted molar refractivity (Wildman–Crippen MR) is 84.3 cm³/mol. The van der Waals surface area contributed by atoms with Crippen molar-refractivity contribution in [3.63, 3.8) is 0 Å². The first-order valence-electron chi connectivity index (χ1n) is 6.69. The van der Waals surface area contributed by atoms with Crippen molar-refractivity contribution in [2.75, 3.05) is 13.1 Å². The highest BCUT2D eigenvalue weighted by Gasteiger charge is 2.06. The van der Waals surface area contributed by atoms with E-state index in [9.17, 15) is 9.59 Å². The number of carbonyl (C=O) groups excluding carboxylic acids is 2. The first kappa shape index (κ1) is 15.9. The Morgan fingerprint density at radius 2 is 1.68 bits per heavy atom. The second-order valence-corrected chi connectivity index (χ2v) is 4.83. The molecule has 2 aromatic rings. The number of hydrogen-bond donors (Lipinski definition) is 2. The molecule has 114 valence electrons. The number of rotatable bonds is 5. The van der Waals surface area contributed by atoms with Gasteiger partial charge in [0.1, 0.15) is 5.75 Å². The molecule has 0 radical (unpaired) electrons. The standard InChI is InChI=1S/C16H15ClN2O3/c17-13-6-4-5-12(11-13)15(20)18-9-10-19-16(21)22-14-7-2-1-3-8-14/h1-8,11H,9-10H2,(H,18,20)(H,19,21). The Balaban J connectivity index is 1.68. The van der Waals surface area contributed by atoms with Crippen molar-refractivity contribution < 1.29 is 14.3 Å². The van der Waals surface area contributed by atoms with Crippen molar-refractivity contribution in [1.82, 2.24) is 10.6 Å². The number of hydrogen-bond acceptors (Lipinski definition) is 3. The molecule has 0 saturated carbocycles. The largest absolute Gasteiger partial charge is 0.412 e. The number of nitrogens with one attached hydrogen (secondary N) is 2. The summed E-state index contributed by atoms with van der Waals surface area (Å²) < 4.78 is 5.04. The third-order valence-corrected chi connectivity index (χ3v) is 2.96. The number of halogens is 1. The lowest BCUT2D eigenvalue weighted by molar-refractivity contribution is 0.0953. The van der Waals surface area contributed by atoms with Gasteiger partial charge in [0.2, 0.25) is 0 Å². The molecule has 2 aromatic carbocycles. The van der Waals surface area contributed by atoms with Gasteiger partial charge in [0.25, 0.3) is 5.91 Å². The van der Waals surface area contributed by atoms with Crippen LogP contribution in [0.3, 0.4) is 0 Å². The van der Waals surface area contributed by atoms with Gasteiger partial charge in [0.15, 0.2) is 0 Å². The van der Waals surface area contributed by atoms with Gasteiger partial charge >= 0.3 is 6.09 Å². The van der Waals surface area contributed by atoms with E-state index in [0.29, 0.717) is 16.3 Å². The highest BCUT2D eigenvalue weighted by Crippen LogP contribution is 2.10. The Morgan fingerprint density at radius 3 is 2.41 bits per heavy atom. The zero-order valence-electron chi connectivity index (χ0n) is 11.7. The van der Waals surface area contributed by atoms with Crippen LogP contribution in [0.15, 0.2) is 54.6 Å². The van der Waals surface area contributed by atoms with Crippen molar-refractivity contribution in [3.05, 3.63) is 65.2 Å². The molecule has 2 N–H and O–H groups in total. The van der Waals surface area contributed by atoms with E-state index in [1.807, 2.05) is 6.07 Å².